The van der Waals surface area contributed by atoms with Crippen LogP contribution >= 0.6 is 0 Å². The quantitative estimate of drug-likeness (QED) is 0.839. The number of hydrogen-bond donors (Lipinski definition) is 0. The third-order valence-electron chi connectivity index (χ3n) is 3.56. The highest BCUT2D eigenvalue weighted by Gasteiger charge is 2.47. The van der Waals surface area contributed by atoms with Crippen LogP contribution in [0.1, 0.15) is 13.3 Å². The van der Waals surface area contributed by atoms with Gasteiger partial charge >= 0.3 is 6.29 Å². The van der Waals surface area contributed by atoms with Crippen LogP contribution in [0, 0.1) is 5.92 Å². The summed E-state index contributed by atoms with van der Waals surface area (Å²) in [4.78, 5) is 13.0. The summed E-state index contributed by atoms with van der Waals surface area (Å²) in [6.45, 7) is 1.92. The number of ether oxygens (including phenoxy) is 2. The molecule has 108 valence electrons. The summed E-state index contributed by atoms with van der Waals surface area (Å²) in [5.41, 5.74) is 0.114. The highest BCUT2D eigenvalue weighted by Crippen LogP contribution is 2.48. The third-order valence-corrected chi connectivity index (χ3v) is 3.56. The lowest BCUT2D eigenvalue weighted by Gasteiger charge is -2.17. The molecule has 2 aliphatic heterocycles. The molecule has 0 N–H and O–H groups in total. The maximum absolute atomic E-state index is 13.8. The van der Waals surface area contributed by atoms with Crippen LogP contribution in [0.5, 0.6) is 11.5 Å². The van der Waals surface area contributed by atoms with Crippen molar-refractivity contribution >= 4 is 11.6 Å². The van der Waals surface area contributed by atoms with Crippen molar-refractivity contribution < 1.29 is 27.4 Å². The Bertz CT molecular complexity index is 564. The minimum atomic E-state index is -3.76. The molecule has 0 aromatic heterocycles. The molecule has 2 aliphatic rings. The van der Waals surface area contributed by atoms with E-state index in [2.05, 4.69) is 9.47 Å². The van der Waals surface area contributed by atoms with Crippen molar-refractivity contribution in [2.75, 3.05) is 11.4 Å². The monoisotopic (exact) mass is 287 g/mol. The average molecular weight is 287 g/mol. The van der Waals surface area contributed by atoms with Crippen molar-refractivity contribution in [3.63, 3.8) is 0 Å². The molecule has 1 fully saturated rings. The third kappa shape index (κ3) is 1.88. The second kappa shape index (κ2) is 4.29. The van der Waals surface area contributed by atoms with Gasteiger partial charge in [-0.2, -0.15) is 0 Å². The number of carbonyl (C=O) groups is 1. The number of nitrogens with zero attached hydrogens (tertiary/aromatic N) is 1. The summed E-state index contributed by atoms with van der Waals surface area (Å²) in [7, 11) is 0. The number of para-hydroxylation sites is 1. The van der Waals surface area contributed by atoms with Crippen LogP contribution in [-0.2, 0) is 4.79 Å². The fourth-order valence-electron chi connectivity index (χ4n) is 2.49. The Morgan fingerprint density at radius 3 is 2.80 bits per heavy atom. The minimum absolute atomic E-state index is 0.114. The zero-order valence-electron chi connectivity index (χ0n) is 10.6. The maximum atomic E-state index is 13.8. The van der Waals surface area contributed by atoms with Crippen LogP contribution < -0.4 is 14.4 Å². The van der Waals surface area contributed by atoms with E-state index in [1.165, 1.54) is 18.2 Å². The molecule has 0 radical (unpaired) electrons. The van der Waals surface area contributed by atoms with E-state index in [-0.39, 0.29) is 23.7 Å². The Balaban J connectivity index is 1.98. The summed E-state index contributed by atoms with van der Waals surface area (Å²) in [6.07, 6.45) is -4.88. The molecule has 20 heavy (non-hydrogen) atoms. The van der Waals surface area contributed by atoms with Gasteiger partial charge in [0.1, 0.15) is 0 Å². The van der Waals surface area contributed by atoms with Gasteiger partial charge in [0.05, 0.1) is 5.69 Å². The molecule has 0 aliphatic carbocycles. The molecule has 1 aromatic carbocycles. The summed E-state index contributed by atoms with van der Waals surface area (Å²) in [5.74, 6) is -1.56. The topological polar surface area (TPSA) is 38.8 Å². The van der Waals surface area contributed by atoms with Gasteiger partial charge in [-0.25, -0.2) is 4.39 Å². The zero-order valence-corrected chi connectivity index (χ0v) is 10.6. The SMILES string of the molecule is CCC1CN(c2cccc3c2OC(F)(F)O3)C(=O)C1F. The van der Waals surface area contributed by atoms with Crippen molar-refractivity contribution in [3.05, 3.63) is 18.2 Å². The van der Waals surface area contributed by atoms with Gasteiger partial charge in [0.25, 0.3) is 5.91 Å². The molecule has 2 atom stereocenters. The van der Waals surface area contributed by atoms with E-state index in [4.69, 9.17) is 0 Å². The number of benzene rings is 1. The molecular formula is C13H12F3NO3. The lowest BCUT2D eigenvalue weighted by atomic mass is 10.0. The van der Waals surface area contributed by atoms with Crippen molar-refractivity contribution in [3.8, 4) is 11.5 Å². The van der Waals surface area contributed by atoms with Gasteiger partial charge in [-0.1, -0.05) is 13.0 Å². The van der Waals surface area contributed by atoms with Crippen LogP contribution in [0.2, 0.25) is 0 Å². The molecule has 0 spiro atoms. The first kappa shape index (κ1) is 13.1. The van der Waals surface area contributed by atoms with E-state index in [0.29, 0.717) is 6.42 Å². The molecule has 2 unspecified atom stereocenters. The van der Waals surface area contributed by atoms with Crippen molar-refractivity contribution in [2.45, 2.75) is 25.8 Å². The standard InChI is InChI=1S/C13H12F3NO3/c1-2-7-6-17(12(18)10(7)14)8-4-3-5-9-11(8)20-13(15,16)19-9/h3-5,7,10H,2,6H2,1H3. The summed E-state index contributed by atoms with van der Waals surface area (Å²) in [5, 5.41) is 0. The number of carbonyl (C=O) groups excluding carboxylic acids is 1. The first-order valence-electron chi connectivity index (χ1n) is 6.27. The Hall–Kier alpha value is -1.92. The van der Waals surface area contributed by atoms with Crippen LogP contribution in [0.3, 0.4) is 0 Å². The molecule has 0 bridgehead atoms. The molecule has 4 nitrogen and oxygen atoms in total. The first-order chi connectivity index (χ1) is 9.43. The lowest BCUT2D eigenvalue weighted by molar-refractivity contribution is -0.286. The lowest BCUT2D eigenvalue weighted by Crippen LogP contribution is -2.29. The summed E-state index contributed by atoms with van der Waals surface area (Å²) < 4.78 is 48.7. The smallest absolute Gasteiger partial charge is 0.395 e. The normalized spacial score (nSPS) is 27.2. The highest BCUT2D eigenvalue weighted by atomic mass is 19.3. The van der Waals surface area contributed by atoms with Gasteiger partial charge in [0, 0.05) is 12.5 Å². The summed E-state index contributed by atoms with van der Waals surface area (Å²) in [6, 6.07) is 4.20. The first-order valence-corrected chi connectivity index (χ1v) is 6.27. The van der Waals surface area contributed by atoms with E-state index in [0.717, 1.165) is 4.90 Å². The second-order valence-corrected chi connectivity index (χ2v) is 4.79. The van der Waals surface area contributed by atoms with Crippen molar-refractivity contribution in [1.29, 1.82) is 0 Å². The largest absolute Gasteiger partial charge is 0.586 e. The van der Waals surface area contributed by atoms with E-state index < -0.39 is 24.3 Å². The average Bonchev–Trinajstić information content (AvgIpc) is 2.86. The molecule has 1 aromatic rings. The van der Waals surface area contributed by atoms with Gasteiger partial charge in [0.2, 0.25) is 0 Å². The number of anilines is 1. The Morgan fingerprint density at radius 1 is 1.40 bits per heavy atom. The van der Waals surface area contributed by atoms with E-state index >= 15 is 0 Å². The fraction of sp³-hybridized carbons (Fsp3) is 0.462. The minimum Gasteiger partial charge on any atom is -0.395 e. The fourth-order valence-corrected chi connectivity index (χ4v) is 2.49. The number of hydrogen-bond acceptors (Lipinski definition) is 3. The van der Waals surface area contributed by atoms with Crippen LogP contribution in [0.15, 0.2) is 18.2 Å². The number of rotatable bonds is 2. The number of alkyl halides is 3. The molecule has 1 amide bonds. The maximum Gasteiger partial charge on any atom is 0.586 e. The van der Waals surface area contributed by atoms with Gasteiger partial charge < -0.3 is 14.4 Å². The van der Waals surface area contributed by atoms with Gasteiger partial charge in [-0.3, -0.25) is 4.79 Å². The molecule has 0 saturated carbocycles. The molecule has 7 heteroatoms. The molecule has 3 rings (SSSR count). The molecular weight excluding hydrogens is 275 g/mol. The predicted molar refractivity (Wildman–Crippen MR) is 63.7 cm³/mol. The zero-order chi connectivity index (χ0) is 14.5. The Morgan fingerprint density at radius 2 is 2.15 bits per heavy atom. The van der Waals surface area contributed by atoms with Crippen LogP contribution in [-0.4, -0.2) is 24.9 Å². The van der Waals surface area contributed by atoms with Crippen molar-refractivity contribution in [2.24, 2.45) is 5.92 Å². The van der Waals surface area contributed by atoms with Gasteiger partial charge in [0.15, 0.2) is 17.7 Å². The van der Waals surface area contributed by atoms with E-state index in [1.807, 2.05) is 0 Å². The molecule has 1 saturated heterocycles. The second-order valence-electron chi connectivity index (χ2n) is 4.79. The molecule has 2 heterocycles. The highest BCUT2D eigenvalue weighted by molar-refractivity contribution is 6.00. The van der Waals surface area contributed by atoms with Crippen LogP contribution in [0.4, 0.5) is 18.9 Å². The van der Waals surface area contributed by atoms with E-state index in [1.54, 1.807) is 6.92 Å². The number of halogens is 3. The number of amides is 1. The van der Waals surface area contributed by atoms with E-state index in [9.17, 15) is 18.0 Å². The van der Waals surface area contributed by atoms with Crippen LogP contribution in [0.25, 0.3) is 0 Å². The summed E-state index contributed by atoms with van der Waals surface area (Å²) >= 11 is 0. The Labute approximate surface area is 113 Å². The predicted octanol–water partition coefficient (Wildman–Crippen LogP) is 2.72. The number of fused-ring (bicyclic) bond motifs is 1. The Kier molecular flexibility index (Phi) is 2.81. The van der Waals surface area contributed by atoms with Crippen molar-refractivity contribution in [1.82, 2.24) is 0 Å². The van der Waals surface area contributed by atoms with Gasteiger partial charge in [-0.15, -0.1) is 8.78 Å². The van der Waals surface area contributed by atoms with Gasteiger partial charge in [-0.05, 0) is 18.6 Å².